The molecule has 1 N–H and O–H groups in total. The van der Waals surface area contributed by atoms with E-state index in [-0.39, 0.29) is 18.5 Å². The largest absolute Gasteiger partial charge is 0.481 e. The number of carbonyl (C=O) groups excluding carboxylic acids is 1. The third kappa shape index (κ3) is 4.67. The number of rotatable bonds is 6. The maximum Gasteiger partial charge on any atom is 0.320 e. The topological polar surface area (TPSA) is 70.1 Å². The van der Waals surface area contributed by atoms with Gasteiger partial charge in [0, 0.05) is 38.7 Å². The SMILES string of the molecule is CCN(C(=O)N1CCCC(COC)C1)C(C)CC(=O)O. The van der Waals surface area contributed by atoms with Gasteiger partial charge >= 0.3 is 12.0 Å². The second-order valence-corrected chi connectivity index (χ2v) is 5.43. The number of likely N-dealkylation sites (tertiary alicyclic amines) is 1. The van der Waals surface area contributed by atoms with Crippen molar-refractivity contribution in [3.8, 4) is 0 Å². The van der Waals surface area contributed by atoms with Crippen LogP contribution in [-0.2, 0) is 9.53 Å². The maximum absolute atomic E-state index is 12.5. The van der Waals surface area contributed by atoms with E-state index in [2.05, 4.69) is 0 Å². The van der Waals surface area contributed by atoms with Gasteiger partial charge in [0.2, 0.25) is 0 Å². The first-order valence-electron chi connectivity index (χ1n) is 7.25. The van der Waals surface area contributed by atoms with Crippen LogP contribution in [-0.4, -0.2) is 66.3 Å². The first-order chi connectivity index (χ1) is 9.49. The van der Waals surface area contributed by atoms with Gasteiger partial charge in [0.05, 0.1) is 13.0 Å². The first-order valence-corrected chi connectivity index (χ1v) is 7.25. The van der Waals surface area contributed by atoms with Crippen molar-refractivity contribution in [2.75, 3.05) is 33.4 Å². The lowest BCUT2D eigenvalue weighted by Gasteiger charge is -2.38. The lowest BCUT2D eigenvalue weighted by molar-refractivity contribution is -0.138. The molecule has 0 saturated carbocycles. The van der Waals surface area contributed by atoms with E-state index in [4.69, 9.17) is 9.84 Å². The van der Waals surface area contributed by atoms with Crippen LogP contribution in [0.1, 0.15) is 33.1 Å². The number of carbonyl (C=O) groups is 2. The fourth-order valence-corrected chi connectivity index (χ4v) is 2.79. The minimum absolute atomic E-state index is 0.0189. The summed E-state index contributed by atoms with van der Waals surface area (Å²) in [4.78, 5) is 26.8. The highest BCUT2D eigenvalue weighted by Gasteiger charge is 2.29. The highest BCUT2D eigenvalue weighted by Crippen LogP contribution is 2.19. The van der Waals surface area contributed by atoms with E-state index in [1.807, 2.05) is 11.8 Å². The van der Waals surface area contributed by atoms with Gasteiger partial charge in [-0.15, -0.1) is 0 Å². The molecular formula is C14H26N2O4. The van der Waals surface area contributed by atoms with Gasteiger partial charge in [-0.1, -0.05) is 0 Å². The van der Waals surface area contributed by atoms with Crippen LogP contribution < -0.4 is 0 Å². The predicted octanol–water partition coefficient (Wildman–Crippen LogP) is 1.65. The average molecular weight is 286 g/mol. The molecule has 0 radical (unpaired) electrons. The van der Waals surface area contributed by atoms with Crippen LogP contribution in [0.5, 0.6) is 0 Å². The monoisotopic (exact) mass is 286 g/mol. The summed E-state index contributed by atoms with van der Waals surface area (Å²) >= 11 is 0. The smallest absolute Gasteiger partial charge is 0.320 e. The lowest BCUT2D eigenvalue weighted by Crippen LogP contribution is -2.51. The second kappa shape index (κ2) is 8.09. The maximum atomic E-state index is 12.5. The predicted molar refractivity (Wildman–Crippen MR) is 75.7 cm³/mol. The number of urea groups is 1. The van der Waals surface area contributed by atoms with Crippen LogP contribution >= 0.6 is 0 Å². The summed E-state index contributed by atoms with van der Waals surface area (Å²) in [6.45, 7) is 6.30. The summed E-state index contributed by atoms with van der Waals surface area (Å²) in [7, 11) is 1.67. The van der Waals surface area contributed by atoms with E-state index in [1.165, 1.54) is 0 Å². The zero-order chi connectivity index (χ0) is 15.1. The van der Waals surface area contributed by atoms with Gasteiger partial charge in [0.25, 0.3) is 0 Å². The molecular weight excluding hydrogens is 260 g/mol. The van der Waals surface area contributed by atoms with Crippen LogP contribution in [0.4, 0.5) is 4.79 Å². The molecule has 0 aliphatic carbocycles. The molecule has 0 aromatic carbocycles. The normalized spacial score (nSPS) is 20.6. The number of amides is 2. The van der Waals surface area contributed by atoms with Gasteiger partial charge in [-0.05, 0) is 26.7 Å². The van der Waals surface area contributed by atoms with Crippen LogP contribution in [0, 0.1) is 5.92 Å². The Balaban J connectivity index is 2.63. The molecule has 1 heterocycles. The van der Waals surface area contributed by atoms with Gasteiger partial charge in [0.15, 0.2) is 0 Å². The number of carboxylic acids is 1. The van der Waals surface area contributed by atoms with Gasteiger partial charge in [-0.2, -0.15) is 0 Å². The van der Waals surface area contributed by atoms with Crippen LogP contribution in [0.25, 0.3) is 0 Å². The van der Waals surface area contributed by atoms with Crippen molar-refractivity contribution in [1.29, 1.82) is 0 Å². The van der Waals surface area contributed by atoms with Crippen LogP contribution in [0.15, 0.2) is 0 Å². The van der Waals surface area contributed by atoms with E-state index >= 15 is 0 Å². The number of hydrogen-bond donors (Lipinski definition) is 1. The molecule has 0 spiro atoms. The number of piperidine rings is 1. The summed E-state index contributed by atoms with van der Waals surface area (Å²) in [5.74, 6) is -0.495. The summed E-state index contributed by atoms with van der Waals surface area (Å²) < 4.78 is 5.17. The molecule has 2 amide bonds. The first kappa shape index (κ1) is 16.8. The number of hydrogen-bond acceptors (Lipinski definition) is 3. The summed E-state index contributed by atoms with van der Waals surface area (Å²) in [6.07, 6.45) is 2.04. The third-order valence-corrected chi connectivity index (χ3v) is 3.78. The Labute approximate surface area is 120 Å². The standard InChI is InChI=1S/C14H26N2O4/c1-4-16(11(2)8-13(17)18)14(19)15-7-5-6-12(9-15)10-20-3/h11-12H,4-10H2,1-3H3,(H,17,18). The Kier molecular flexibility index (Phi) is 6.78. The minimum Gasteiger partial charge on any atom is -0.481 e. The van der Waals surface area contributed by atoms with E-state index in [0.717, 1.165) is 19.4 Å². The molecule has 1 aliphatic rings. The van der Waals surface area contributed by atoms with Crippen molar-refractivity contribution in [3.63, 3.8) is 0 Å². The molecule has 2 unspecified atom stereocenters. The van der Waals surface area contributed by atoms with Gasteiger partial charge in [0.1, 0.15) is 0 Å². The van der Waals surface area contributed by atoms with E-state index < -0.39 is 5.97 Å². The minimum atomic E-state index is -0.875. The quantitative estimate of drug-likeness (QED) is 0.806. The molecule has 6 heteroatoms. The van der Waals surface area contributed by atoms with Crippen LogP contribution in [0.2, 0.25) is 0 Å². The Morgan fingerprint density at radius 2 is 2.20 bits per heavy atom. The van der Waals surface area contributed by atoms with Crippen molar-refractivity contribution in [3.05, 3.63) is 0 Å². The summed E-state index contributed by atoms with van der Waals surface area (Å²) in [5, 5.41) is 8.86. The number of methoxy groups -OCH3 is 1. The summed E-state index contributed by atoms with van der Waals surface area (Å²) in [6, 6.07) is -0.338. The molecule has 0 aromatic heterocycles. The number of carboxylic acid groups (broad SMARTS) is 1. The highest BCUT2D eigenvalue weighted by atomic mass is 16.5. The van der Waals surface area contributed by atoms with E-state index in [1.54, 1.807) is 18.9 Å². The molecule has 1 fully saturated rings. The molecule has 1 rings (SSSR count). The number of nitrogens with zero attached hydrogens (tertiary/aromatic N) is 2. The van der Waals surface area contributed by atoms with Crippen LogP contribution in [0.3, 0.4) is 0 Å². The Morgan fingerprint density at radius 1 is 1.50 bits per heavy atom. The molecule has 0 aromatic rings. The van der Waals surface area contributed by atoms with Gasteiger partial charge in [-0.25, -0.2) is 4.79 Å². The Morgan fingerprint density at radius 3 is 2.75 bits per heavy atom. The lowest BCUT2D eigenvalue weighted by atomic mass is 9.99. The van der Waals surface area contributed by atoms with E-state index in [0.29, 0.717) is 25.6 Å². The number of ether oxygens (including phenoxy) is 1. The van der Waals surface area contributed by atoms with Crippen molar-refractivity contribution >= 4 is 12.0 Å². The molecule has 0 bridgehead atoms. The highest BCUT2D eigenvalue weighted by molar-refractivity contribution is 5.76. The molecule has 20 heavy (non-hydrogen) atoms. The Hall–Kier alpha value is -1.30. The second-order valence-electron chi connectivity index (χ2n) is 5.43. The molecule has 1 saturated heterocycles. The zero-order valence-electron chi connectivity index (χ0n) is 12.7. The fraction of sp³-hybridized carbons (Fsp3) is 0.857. The fourth-order valence-electron chi connectivity index (χ4n) is 2.79. The van der Waals surface area contributed by atoms with Crippen molar-refractivity contribution < 1.29 is 19.4 Å². The zero-order valence-corrected chi connectivity index (χ0v) is 12.7. The Bertz CT molecular complexity index is 333. The number of aliphatic carboxylic acids is 1. The van der Waals surface area contributed by atoms with Crippen molar-refractivity contribution in [2.24, 2.45) is 5.92 Å². The molecule has 116 valence electrons. The van der Waals surface area contributed by atoms with Crippen molar-refractivity contribution in [1.82, 2.24) is 9.80 Å². The summed E-state index contributed by atoms with van der Waals surface area (Å²) in [5.41, 5.74) is 0. The van der Waals surface area contributed by atoms with Gasteiger partial charge < -0.3 is 19.6 Å². The molecule has 6 nitrogen and oxygen atoms in total. The van der Waals surface area contributed by atoms with Crippen molar-refractivity contribution in [2.45, 2.75) is 39.2 Å². The average Bonchev–Trinajstić information content (AvgIpc) is 2.39. The molecule has 2 atom stereocenters. The van der Waals surface area contributed by atoms with E-state index in [9.17, 15) is 9.59 Å². The van der Waals surface area contributed by atoms with Gasteiger partial charge in [-0.3, -0.25) is 4.79 Å². The third-order valence-electron chi connectivity index (χ3n) is 3.78. The molecule has 1 aliphatic heterocycles.